The Hall–Kier alpha value is -3.47. The molecule has 0 spiro atoms. The van der Waals surface area contributed by atoms with Gasteiger partial charge in [0.25, 0.3) is 0 Å². The molecule has 1 saturated heterocycles. The van der Waals surface area contributed by atoms with E-state index in [9.17, 15) is 22.5 Å². The van der Waals surface area contributed by atoms with Crippen molar-refractivity contribution in [1.82, 2.24) is 8.87 Å². The van der Waals surface area contributed by atoms with E-state index in [1.165, 1.54) is 4.31 Å². The second-order valence-electron chi connectivity index (χ2n) is 9.85. The lowest BCUT2D eigenvalue weighted by Gasteiger charge is -2.17. The van der Waals surface area contributed by atoms with Crippen LogP contribution in [-0.4, -0.2) is 51.8 Å². The minimum atomic E-state index is -3.70. The summed E-state index contributed by atoms with van der Waals surface area (Å²) in [5, 5.41) is 10.4. The molecule has 2 heterocycles. The fourth-order valence-electron chi connectivity index (χ4n) is 5.01. The Morgan fingerprint density at radius 3 is 2.44 bits per heavy atom. The molecular formula is C29H30N2O6S2. The molecule has 10 heteroatoms. The first kappa shape index (κ1) is 27.1. The number of benzene rings is 3. The summed E-state index contributed by atoms with van der Waals surface area (Å²) in [5.74, 6) is -0.484. The summed E-state index contributed by atoms with van der Waals surface area (Å²) in [6.07, 6.45) is 2.40. The van der Waals surface area contributed by atoms with Gasteiger partial charge in [-0.1, -0.05) is 24.3 Å². The maximum absolute atomic E-state index is 13.4. The number of fused-ring (bicyclic) bond motifs is 1. The highest BCUT2D eigenvalue weighted by Crippen LogP contribution is 2.37. The van der Waals surface area contributed by atoms with Crippen molar-refractivity contribution in [2.75, 3.05) is 13.1 Å². The molecule has 5 rings (SSSR count). The van der Waals surface area contributed by atoms with Gasteiger partial charge in [0, 0.05) is 40.4 Å². The Morgan fingerprint density at radius 1 is 1.05 bits per heavy atom. The van der Waals surface area contributed by atoms with Gasteiger partial charge >= 0.3 is 5.97 Å². The topological polar surface area (TPSA) is 106 Å². The molecule has 0 bridgehead atoms. The minimum absolute atomic E-state index is 0.00975. The van der Waals surface area contributed by atoms with E-state index in [2.05, 4.69) is 0 Å². The second kappa shape index (κ2) is 11.0. The molecular weight excluding hydrogens is 536 g/mol. The monoisotopic (exact) mass is 566 g/mol. The molecule has 1 fully saturated rings. The van der Waals surface area contributed by atoms with Crippen molar-refractivity contribution in [2.24, 2.45) is 0 Å². The molecule has 0 saturated carbocycles. The molecule has 2 unspecified atom stereocenters. The van der Waals surface area contributed by atoms with Crippen LogP contribution in [0.15, 0.2) is 93.7 Å². The van der Waals surface area contributed by atoms with Crippen molar-refractivity contribution in [3.8, 4) is 5.75 Å². The lowest BCUT2D eigenvalue weighted by Crippen LogP contribution is -2.28. The molecule has 0 amide bonds. The fraction of sp³-hybridized carbons (Fsp3) is 0.276. The molecule has 204 valence electrons. The first-order valence-electron chi connectivity index (χ1n) is 12.7. The van der Waals surface area contributed by atoms with Crippen molar-refractivity contribution in [2.45, 2.75) is 53.5 Å². The van der Waals surface area contributed by atoms with E-state index in [1.54, 1.807) is 59.3 Å². The van der Waals surface area contributed by atoms with Crippen LogP contribution in [0.4, 0.5) is 0 Å². The van der Waals surface area contributed by atoms with Gasteiger partial charge in [0.1, 0.15) is 12.3 Å². The van der Waals surface area contributed by atoms with Crippen molar-refractivity contribution < 1.29 is 27.3 Å². The SMILES string of the molecule is CC(C)Oc1ccc(S(=O)(=O)N2CCC(c3cn(CC(=O)O)c4cc(S(=O)c5ccccc5)ccc34)C2)cc1. The number of aromatic nitrogens is 1. The first-order chi connectivity index (χ1) is 18.6. The summed E-state index contributed by atoms with van der Waals surface area (Å²) in [6.45, 7) is 4.21. The number of carboxylic acids is 1. The summed E-state index contributed by atoms with van der Waals surface area (Å²) in [7, 11) is -5.12. The smallest absolute Gasteiger partial charge is 0.323 e. The van der Waals surface area contributed by atoms with Crippen LogP contribution in [0, 0.1) is 0 Å². The number of nitrogens with zero attached hydrogens (tertiary/aromatic N) is 2. The molecule has 0 aliphatic carbocycles. The van der Waals surface area contributed by atoms with E-state index in [1.807, 2.05) is 38.1 Å². The third-order valence-electron chi connectivity index (χ3n) is 6.79. The molecule has 1 aromatic heterocycles. The predicted molar refractivity (Wildman–Crippen MR) is 149 cm³/mol. The van der Waals surface area contributed by atoms with E-state index in [4.69, 9.17) is 4.74 Å². The number of rotatable bonds is 9. The van der Waals surface area contributed by atoms with Crippen LogP contribution in [0.5, 0.6) is 5.75 Å². The zero-order valence-electron chi connectivity index (χ0n) is 21.7. The number of aliphatic carboxylic acids is 1. The van der Waals surface area contributed by atoms with Gasteiger partial charge in [0.2, 0.25) is 10.0 Å². The Kier molecular flexibility index (Phi) is 7.61. The number of hydrogen-bond acceptors (Lipinski definition) is 5. The van der Waals surface area contributed by atoms with Crippen molar-refractivity contribution >= 4 is 37.7 Å². The summed E-state index contributed by atoms with van der Waals surface area (Å²) in [6, 6.07) is 21.0. The van der Waals surface area contributed by atoms with Crippen molar-refractivity contribution in [3.63, 3.8) is 0 Å². The molecule has 1 aliphatic rings. The Balaban J connectivity index is 1.43. The van der Waals surface area contributed by atoms with Gasteiger partial charge in [-0.2, -0.15) is 4.31 Å². The van der Waals surface area contributed by atoms with E-state index in [0.717, 1.165) is 10.9 Å². The van der Waals surface area contributed by atoms with E-state index >= 15 is 0 Å². The van der Waals surface area contributed by atoms with Crippen LogP contribution in [0.1, 0.15) is 31.7 Å². The Morgan fingerprint density at radius 2 is 1.77 bits per heavy atom. The lowest BCUT2D eigenvalue weighted by molar-refractivity contribution is -0.137. The van der Waals surface area contributed by atoms with Gasteiger partial charge in [-0.25, -0.2) is 12.6 Å². The summed E-state index contributed by atoms with van der Waals surface area (Å²) in [4.78, 5) is 13.1. The fourth-order valence-corrected chi connectivity index (χ4v) is 7.60. The standard InChI is InChI=1S/C29H30N2O6S2/c1-20(2)37-22-8-11-25(12-9-22)39(35,36)31-15-14-21(17-31)27-18-30(19-29(32)33)28-16-24(10-13-26(27)28)38(34)23-6-4-3-5-7-23/h3-13,16,18,20-21H,14-15,17,19H2,1-2H3,(H,32,33). The predicted octanol–water partition coefficient (Wildman–Crippen LogP) is 4.86. The quantitative estimate of drug-likeness (QED) is 0.310. The van der Waals surface area contributed by atoms with Crippen molar-refractivity contribution in [3.05, 3.63) is 84.6 Å². The number of hydrogen-bond donors (Lipinski definition) is 1. The Labute approximate surface area is 230 Å². The Bertz CT molecular complexity index is 1630. The molecule has 8 nitrogen and oxygen atoms in total. The molecule has 1 N–H and O–H groups in total. The molecule has 3 aromatic carbocycles. The molecule has 4 aromatic rings. The third kappa shape index (κ3) is 5.63. The highest BCUT2D eigenvalue weighted by Gasteiger charge is 2.34. The number of carbonyl (C=O) groups is 1. The molecule has 0 radical (unpaired) electrons. The summed E-state index contributed by atoms with van der Waals surface area (Å²) < 4.78 is 48.7. The molecule has 2 atom stereocenters. The van der Waals surface area contributed by atoms with Crippen LogP contribution in [-0.2, 0) is 32.2 Å². The number of carboxylic acid groups (broad SMARTS) is 1. The van der Waals surface area contributed by atoms with E-state index < -0.39 is 26.8 Å². The van der Waals surface area contributed by atoms with Gasteiger partial charge in [-0.15, -0.1) is 0 Å². The summed E-state index contributed by atoms with van der Waals surface area (Å²) in [5.41, 5.74) is 1.55. The summed E-state index contributed by atoms with van der Waals surface area (Å²) >= 11 is 0. The van der Waals surface area contributed by atoms with Crippen LogP contribution < -0.4 is 4.74 Å². The minimum Gasteiger partial charge on any atom is -0.491 e. The lowest BCUT2D eigenvalue weighted by atomic mass is 9.98. The van der Waals surface area contributed by atoms with E-state index in [0.29, 0.717) is 34.0 Å². The van der Waals surface area contributed by atoms with Gasteiger partial charge < -0.3 is 14.4 Å². The highest BCUT2D eigenvalue weighted by atomic mass is 32.2. The van der Waals surface area contributed by atoms with Crippen molar-refractivity contribution in [1.29, 1.82) is 0 Å². The zero-order chi connectivity index (χ0) is 27.7. The molecule has 39 heavy (non-hydrogen) atoms. The van der Waals surface area contributed by atoms with Gasteiger partial charge in [-0.3, -0.25) is 4.79 Å². The zero-order valence-corrected chi connectivity index (χ0v) is 23.3. The average molecular weight is 567 g/mol. The highest BCUT2D eigenvalue weighted by molar-refractivity contribution is 7.89. The van der Waals surface area contributed by atoms with Crippen LogP contribution in [0.2, 0.25) is 0 Å². The largest absolute Gasteiger partial charge is 0.491 e. The van der Waals surface area contributed by atoms with Gasteiger partial charge in [0.05, 0.1) is 27.3 Å². The number of sulfonamides is 1. The number of ether oxygens (including phenoxy) is 1. The van der Waals surface area contributed by atoms with Crippen LogP contribution in [0.25, 0.3) is 10.9 Å². The maximum Gasteiger partial charge on any atom is 0.323 e. The normalized spacial score (nSPS) is 17.1. The van der Waals surface area contributed by atoms with E-state index in [-0.39, 0.29) is 30.0 Å². The first-order valence-corrected chi connectivity index (χ1v) is 15.3. The van der Waals surface area contributed by atoms with Crippen LogP contribution >= 0.6 is 0 Å². The molecule has 1 aliphatic heterocycles. The maximum atomic E-state index is 13.4. The van der Waals surface area contributed by atoms with Gasteiger partial charge in [0.15, 0.2) is 0 Å². The van der Waals surface area contributed by atoms with Gasteiger partial charge in [-0.05, 0) is 74.4 Å². The second-order valence-corrected chi connectivity index (χ2v) is 13.3. The van der Waals surface area contributed by atoms with Crippen LogP contribution in [0.3, 0.4) is 0 Å². The third-order valence-corrected chi connectivity index (χ3v) is 10.0. The average Bonchev–Trinajstić information content (AvgIpc) is 3.54.